The Balaban J connectivity index is 1.98. The first kappa shape index (κ1) is 16.3. The summed E-state index contributed by atoms with van der Waals surface area (Å²) in [5.41, 5.74) is 0.281. The molecule has 0 bridgehead atoms. The zero-order valence-corrected chi connectivity index (χ0v) is 12.9. The van der Waals surface area contributed by atoms with E-state index >= 15 is 0 Å². The molecule has 1 rings (SSSR count). The van der Waals surface area contributed by atoms with Gasteiger partial charge in [0.25, 0.3) is 0 Å². The molecule has 0 atom stereocenters. The molecule has 0 aromatic carbocycles. The number of rotatable bonds is 10. The molecule has 1 aliphatic rings. The van der Waals surface area contributed by atoms with Gasteiger partial charge in [0.15, 0.2) is 0 Å². The van der Waals surface area contributed by atoms with Crippen LogP contribution in [0.15, 0.2) is 0 Å². The zero-order valence-electron chi connectivity index (χ0n) is 12.0. The highest BCUT2D eigenvalue weighted by molar-refractivity contribution is 7.80. The second-order valence-corrected chi connectivity index (χ2v) is 5.91. The molecule has 0 radical (unpaired) electrons. The Morgan fingerprint density at radius 2 is 1.72 bits per heavy atom. The van der Waals surface area contributed by atoms with Crippen LogP contribution < -0.4 is 0 Å². The van der Waals surface area contributed by atoms with Gasteiger partial charge in [0.1, 0.15) is 0 Å². The normalized spacial score (nSPS) is 19.0. The van der Waals surface area contributed by atoms with Crippen LogP contribution in [0, 0.1) is 5.41 Å². The highest BCUT2D eigenvalue weighted by atomic mass is 32.1. The molecule has 1 saturated heterocycles. The number of thiol groups is 1. The lowest BCUT2D eigenvalue weighted by Gasteiger charge is -2.35. The lowest BCUT2D eigenvalue weighted by Crippen LogP contribution is -2.35. The average Bonchev–Trinajstić information content (AvgIpc) is 2.43. The Morgan fingerprint density at radius 3 is 2.39 bits per heavy atom. The van der Waals surface area contributed by atoms with Gasteiger partial charge in [-0.25, -0.2) is 0 Å². The van der Waals surface area contributed by atoms with Crippen LogP contribution >= 0.6 is 12.6 Å². The first-order valence-electron chi connectivity index (χ1n) is 7.59. The zero-order chi connectivity index (χ0) is 13.1. The van der Waals surface area contributed by atoms with E-state index in [2.05, 4.69) is 19.6 Å². The molecule has 0 unspecified atom stereocenters. The van der Waals surface area contributed by atoms with Gasteiger partial charge in [-0.15, -0.1) is 0 Å². The molecule has 0 spiro atoms. The van der Waals surface area contributed by atoms with E-state index in [-0.39, 0.29) is 5.41 Å². The van der Waals surface area contributed by atoms with Crippen LogP contribution in [0.25, 0.3) is 0 Å². The fourth-order valence-electron chi connectivity index (χ4n) is 2.43. The van der Waals surface area contributed by atoms with Crippen molar-refractivity contribution in [3.05, 3.63) is 0 Å². The summed E-state index contributed by atoms with van der Waals surface area (Å²) in [6, 6.07) is 0. The molecule has 18 heavy (non-hydrogen) atoms. The van der Waals surface area contributed by atoms with Gasteiger partial charge in [-0.2, -0.15) is 12.6 Å². The smallest absolute Gasteiger partial charge is 0.0531 e. The van der Waals surface area contributed by atoms with Crippen LogP contribution in [0.5, 0.6) is 0 Å². The molecule has 0 aromatic heterocycles. The second kappa shape index (κ2) is 10.1. The van der Waals surface area contributed by atoms with E-state index in [1.165, 1.54) is 38.5 Å². The molecule has 0 aromatic rings. The van der Waals surface area contributed by atoms with Gasteiger partial charge in [-0.05, 0) is 25.0 Å². The lowest BCUT2D eigenvalue weighted by atomic mass is 9.83. The minimum Gasteiger partial charge on any atom is -0.381 e. The van der Waals surface area contributed by atoms with E-state index in [9.17, 15) is 0 Å². The van der Waals surface area contributed by atoms with Crippen molar-refractivity contribution < 1.29 is 9.47 Å². The summed E-state index contributed by atoms with van der Waals surface area (Å²) in [5, 5.41) is 0. The third-order valence-corrected chi connectivity index (χ3v) is 4.61. The van der Waals surface area contributed by atoms with Gasteiger partial charge in [0.2, 0.25) is 0 Å². The predicted octanol–water partition coefficient (Wildman–Crippen LogP) is 4.09. The van der Waals surface area contributed by atoms with Gasteiger partial charge >= 0.3 is 0 Å². The van der Waals surface area contributed by atoms with E-state index in [0.29, 0.717) is 0 Å². The third kappa shape index (κ3) is 6.44. The van der Waals surface area contributed by atoms with Crippen molar-refractivity contribution in [3.8, 4) is 0 Å². The molecule has 1 heterocycles. The molecule has 0 saturated carbocycles. The van der Waals surface area contributed by atoms with Crippen molar-refractivity contribution in [2.75, 3.05) is 32.2 Å². The first-order chi connectivity index (χ1) is 8.83. The fraction of sp³-hybridized carbons (Fsp3) is 1.00. The standard InChI is InChI=1S/C15H30O2S/c1-2-3-4-5-6-7-10-17-13-15(14-18)8-11-16-12-9-15/h18H,2-14H2,1H3. The highest BCUT2D eigenvalue weighted by Gasteiger charge is 2.31. The molecule has 0 N–H and O–H groups in total. The average molecular weight is 274 g/mol. The number of hydrogen-bond acceptors (Lipinski definition) is 3. The number of unbranched alkanes of at least 4 members (excludes halogenated alkanes) is 5. The van der Waals surface area contributed by atoms with Crippen molar-refractivity contribution in [1.29, 1.82) is 0 Å². The number of hydrogen-bond donors (Lipinski definition) is 1. The van der Waals surface area contributed by atoms with Crippen molar-refractivity contribution >= 4 is 12.6 Å². The minimum atomic E-state index is 0.281. The van der Waals surface area contributed by atoms with Crippen LogP contribution in [-0.4, -0.2) is 32.2 Å². The van der Waals surface area contributed by atoms with Gasteiger partial charge in [0.05, 0.1) is 6.61 Å². The molecular formula is C15H30O2S. The van der Waals surface area contributed by atoms with E-state index in [4.69, 9.17) is 9.47 Å². The monoisotopic (exact) mass is 274 g/mol. The molecule has 1 fully saturated rings. The fourth-order valence-corrected chi connectivity index (χ4v) is 2.83. The maximum atomic E-state index is 5.87. The summed E-state index contributed by atoms with van der Waals surface area (Å²) < 4.78 is 11.3. The first-order valence-corrected chi connectivity index (χ1v) is 8.22. The van der Waals surface area contributed by atoms with Gasteiger partial charge in [-0.3, -0.25) is 0 Å². The third-order valence-electron chi connectivity index (χ3n) is 3.94. The molecule has 1 aliphatic heterocycles. The Hall–Kier alpha value is 0.270. The molecule has 108 valence electrons. The maximum Gasteiger partial charge on any atom is 0.0531 e. The van der Waals surface area contributed by atoms with E-state index in [0.717, 1.165) is 45.0 Å². The minimum absolute atomic E-state index is 0.281. The Bertz CT molecular complexity index is 191. The molecule has 0 aliphatic carbocycles. The highest BCUT2D eigenvalue weighted by Crippen LogP contribution is 2.32. The van der Waals surface area contributed by atoms with Crippen molar-refractivity contribution in [2.45, 2.75) is 58.3 Å². The van der Waals surface area contributed by atoms with Gasteiger partial charge in [0, 0.05) is 25.2 Å². The van der Waals surface area contributed by atoms with E-state index in [1.54, 1.807) is 0 Å². The van der Waals surface area contributed by atoms with E-state index in [1.807, 2.05) is 0 Å². The lowest BCUT2D eigenvalue weighted by molar-refractivity contribution is -0.0276. The maximum absolute atomic E-state index is 5.87. The summed E-state index contributed by atoms with van der Waals surface area (Å²) in [4.78, 5) is 0. The van der Waals surface area contributed by atoms with Gasteiger partial charge in [-0.1, -0.05) is 39.0 Å². The van der Waals surface area contributed by atoms with Crippen LogP contribution in [0.2, 0.25) is 0 Å². The van der Waals surface area contributed by atoms with E-state index < -0.39 is 0 Å². The molecule has 3 heteroatoms. The van der Waals surface area contributed by atoms with Crippen molar-refractivity contribution in [2.24, 2.45) is 5.41 Å². The van der Waals surface area contributed by atoms with Crippen LogP contribution in [0.1, 0.15) is 58.3 Å². The summed E-state index contributed by atoms with van der Waals surface area (Å²) >= 11 is 4.50. The Kier molecular flexibility index (Phi) is 9.16. The Labute approximate surface area is 118 Å². The second-order valence-electron chi connectivity index (χ2n) is 5.59. The summed E-state index contributed by atoms with van der Waals surface area (Å²) in [6.07, 6.45) is 10.2. The summed E-state index contributed by atoms with van der Waals surface area (Å²) in [6.45, 7) is 5.80. The predicted molar refractivity (Wildman–Crippen MR) is 80.5 cm³/mol. The van der Waals surface area contributed by atoms with Crippen molar-refractivity contribution in [1.82, 2.24) is 0 Å². The summed E-state index contributed by atoms with van der Waals surface area (Å²) in [7, 11) is 0. The topological polar surface area (TPSA) is 18.5 Å². The Morgan fingerprint density at radius 1 is 1.06 bits per heavy atom. The molecule has 0 amide bonds. The quantitative estimate of drug-likeness (QED) is 0.478. The number of ether oxygens (including phenoxy) is 2. The van der Waals surface area contributed by atoms with Gasteiger partial charge < -0.3 is 9.47 Å². The van der Waals surface area contributed by atoms with Crippen LogP contribution in [0.4, 0.5) is 0 Å². The molecule has 2 nitrogen and oxygen atoms in total. The van der Waals surface area contributed by atoms with Crippen LogP contribution in [0.3, 0.4) is 0 Å². The SMILES string of the molecule is CCCCCCCCOCC1(CS)CCOCC1. The molecular weight excluding hydrogens is 244 g/mol. The van der Waals surface area contributed by atoms with Crippen LogP contribution in [-0.2, 0) is 9.47 Å². The summed E-state index contributed by atoms with van der Waals surface area (Å²) in [5.74, 6) is 0.923. The largest absolute Gasteiger partial charge is 0.381 e. The van der Waals surface area contributed by atoms with Crippen molar-refractivity contribution in [3.63, 3.8) is 0 Å².